The van der Waals surface area contributed by atoms with E-state index in [1.165, 1.54) is 0 Å². The van der Waals surface area contributed by atoms with Crippen molar-refractivity contribution in [3.63, 3.8) is 0 Å². The Hall–Kier alpha value is -3.73. The first-order valence-corrected chi connectivity index (χ1v) is 10.3. The van der Waals surface area contributed by atoms with Gasteiger partial charge in [0.2, 0.25) is 11.8 Å². The molecule has 0 radical (unpaired) electrons. The van der Waals surface area contributed by atoms with Crippen LogP contribution < -0.4 is 21.7 Å². The highest BCUT2D eigenvalue weighted by molar-refractivity contribution is 6.00. The van der Waals surface area contributed by atoms with Crippen LogP contribution in [0.2, 0.25) is 0 Å². The number of aryl methyl sites for hydroxylation is 1. The van der Waals surface area contributed by atoms with Gasteiger partial charge in [0, 0.05) is 12.6 Å². The summed E-state index contributed by atoms with van der Waals surface area (Å²) in [6, 6.07) is 6.52. The molecule has 7 N–H and O–H groups in total. The fraction of sp³-hybridized carbons (Fsp3) is 0.409. The molecule has 1 aromatic rings. The first kappa shape index (κ1) is 27.3. The van der Waals surface area contributed by atoms with Crippen molar-refractivity contribution in [2.75, 3.05) is 0 Å². The standard InChI is InChI=1S/C22H30N4O7/c1-13(2)10-15(23)20(30)24-12-17(21(31)26-16(22(32)33)11-19(28)29)25-18(27)9-8-14-6-4-3-5-7-14/h3-7,12-13,15-16H,8-11,23H2,1-2H3,(H,24,30)(H,25,27)(H,26,31)(H,28,29)(H,32,33)/b17-12+/t15-,16-/m0/s1. The number of aliphatic carboxylic acids is 2. The molecule has 0 heterocycles. The van der Waals surface area contributed by atoms with Crippen LogP contribution >= 0.6 is 0 Å². The Balaban J connectivity index is 2.94. The van der Waals surface area contributed by atoms with E-state index in [1.54, 1.807) is 0 Å². The number of carboxylic acids is 2. The number of amides is 3. The first-order chi connectivity index (χ1) is 15.5. The van der Waals surface area contributed by atoms with Crippen molar-refractivity contribution in [1.82, 2.24) is 16.0 Å². The van der Waals surface area contributed by atoms with Crippen molar-refractivity contribution < 1.29 is 34.2 Å². The lowest BCUT2D eigenvalue weighted by Gasteiger charge is -2.16. The fourth-order valence-corrected chi connectivity index (χ4v) is 2.75. The summed E-state index contributed by atoms with van der Waals surface area (Å²) in [6.45, 7) is 3.76. The van der Waals surface area contributed by atoms with Gasteiger partial charge >= 0.3 is 11.9 Å². The van der Waals surface area contributed by atoms with Gasteiger partial charge in [-0.1, -0.05) is 44.2 Å². The maximum Gasteiger partial charge on any atom is 0.326 e. The zero-order valence-electron chi connectivity index (χ0n) is 18.5. The lowest BCUT2D eigenvalue weighted by atomic mass is 10.0. The minimum absolute atomic E-state index is 0.00687. The Morgan fingerprint density at radius 2 is 1.70 bits per heavy atom. The summed E-state index contributed by atoms with van der Waals surface area (Å²) in [4.78, 5) is 59.3. The molecule has 0 saturated carbocycles. The summed E-state index contributed by atoms with van der Waals surface area (Å²) in [5.41, 5.74) is 6.24. The zero-order valence-corrected chi connectivity index (χ0v) is 18.5. The van der Waals surface area contributed by atoms with Crippen molar-refractivity contribution in [1.29, 1.82) is 0 Å². The predicted octanol–water partition coefficient (Wildman–Crippen LogP) is 0.111. The molecule has 0 saturated heterocycles. The summed E-state index contributed by atoms with van der Waals surface area (Å²) >= 11 is 0. The molecule has 0 aliphatic rings. The molecule has 1 aromatic carbocycles. The quantitative estimate of drug-likeness (QED) is 0.223. The molecular weight excluding hydrogens is 432 g/mol. The highest BCUT2D eigenvalue weighted by Gasteiger charge is 2.25. The van der Waals surface area contributed by atoms with Crippen LogP contribution in [0.3, 0.4) is 0 Å². The molecule has 180 valence electrons. The number of carboxylic acid groups (broad SMARTS) is 2. The van der Waals surface area contributed by atoms with Crippen LogP contribution in [-0.4, -0.2) is 52.0 Å². The summed E-state index contributed by atoms with van der Waals surface area (Å²) in [5, 5.41) is 24.7. The molecule has 3 amide bonds. The Morgan fingerprint density at radius 3 is 2.24 bits per heavy atom. The van der Waals surface area contributed by atoms with Gasteiger partial charge in [0.15, 0.2) is 0 Å². The molecule has 0 aliphatic heterocycles. The van der Waals surface area contributed by atoms with E-state index in [9.17, 15) is 24.0 Å². The van der Waals surface area contributed by atoms with E-state index >= 15 is 0 Å². The summed E-state index contributed by atoms with van der Waals surface area (Å²) in [7, 11) is 0. The minimum atomic E-state index is -1.74. The third-order valence-corrected chi connectivity index (χ3v) is 4.41. The van der Waals surface area contributed by atoms with Crippen LogP contribution in [0.5, 0.6) is 0 Å². The van der Waals surface area contributed by atoms with Crippen LogP contribution in [0.15, 0.2) is 42.2 Å². The first-order valence-electron chi connectivity index (χ1n) is 10.3. The predicted molar refractivity (Wildman–Crippen MR) is 118 cm³/mol. The van der Waals surface area contributed by atoms with E-state index in [-0.39, 0.29) is 12.3 Å². The maximum atomic E-state index is 12.6. The normalized spacial score (nSPS) is 13.0. The van der Waals surface area contributed by atoms with Crippen LogP contribution in [0.1, 0.15) is 38.7 Å². The van der Waals surface area contributed by atoms with Gasteiger partial charge in [-0.2, -0.15) is 0 Å². The van der Waals surface area contributed by atoms with Gasteiger partial charge in [0.05, 0.1) is 12.5 Å². The van der Waals surface area contributed by atoms with E-state index in [1.807, 2.05) is 49.5 Å². The van der Waals surface area contributed by atoms with E-state index in [0.717, 1.165) is 11.8 Å². The summed E-state index contributed by atoms with van der Waals surface area (Å²) in [5.74, 6) is -5.10. The third kappa shape index (κ3) is 10.9. The van der Waals surface area contributed by atoms with Gasteiger partial charge in [0.1, 0.15) is 11.7 Å². The molecule has 0 bridgehead atoms. The molecule has 0 unspecified atom stereocenters. The Bertz CT molecular complexity index is 884. The van der Waals surface area contributed by atoms with Crippen LogP contribution in [-0.2, 0) is 30.4 Å². The van der Waals surface area contributed by atoms with Crippen LogP contribution in [0, 0.1) is 5.92 Å². The molecule has 33 heavy (non-hydrogen) atoms. The maximum absolute atomic E-state index is 12.6. The van der Waals surface area contributed by atoms with E-state index in [2.05, 4.69) is 10.6 Å². The number of carbonyl (C=O) groups excluding carboxylic acids is 3. The third-order valence-electron chi connectivity index (χ3n) is 4.41. The average Bonchev–Trinajstić information content (AvgIpc) is 2.74. The van der Waals surface area contributed by atoms with Crippen molar-refractivity contribution in [3.05, 3.63) is 47.8 Å². The second-order valence-electron chi connectivity index (χ2n) is 7.80. The molecule has 11 nitrogen and oxygen atoms in total. The highest BCUT2D eigenvalue weighted by Crippen LogP contribution is 2.05. The minimum Gasteiger partial charge on any atom is -0.481 e. The number of benzene rings is 1. The lowest BCUT2D eigenvalue weighted by molar-refractivity contribution is -0.147. The number of hydrogen-bond donors (Lipinski definition) is 6. The van der Waals surface area contributed by atoms with Crippen molar-refractivity contribution >= 4 is 29.7 Å². The van der Waals surface area contributed by atoms with Crippen LogP contribution in [0.25, 0.3) is 0 Å². The fourth-order valence-electron chi connectivity index (χ4n) is 2.75. The smallest absolute Gasteiger partial charge is 0.326 e. The Kier molecular flexibility index (Phi) is 11.3. The molecule has 11 heteroatoms. The van der Waals surface area contributed by atoms with Gasteiger partial charge in [0.25, 0.3) is 5.91 Å². The van der Waals surface area contributed by atoms with Gasteiger partial charge in [-0.25, -0.2) is 4.79 Å². The second-order valence-corrected chi connectivity index (χ2v) is 7.80. The highest BCUT2D eigenvalue weighted by atomic mass is 16.4. The number of nitrogens with one attached hydrogen (secondary N) is 3. The van der Waals surface area contributed by atoms with Gasteiger partial charge < -0.3 is 31.9 Å². The molecule has 0 spiro atoms. The number of rotatable bonds is 13. The number of hydrogen-bond acceptors (Lipinski definition) is 6. The summed E-state index contributed by atoms with van der Waals surface area (Å²) in [6.07, 6.45) is 0.807. The van der Waals surface area contributed by atoms with Crippen molar-refractivity contribution in [3.8, 4) is 0 Å². The molecular formula is C22H30N4O7. The van der Waals surface area contributed by atoms with E-state index in [0.29, 0.717) is 12.8 Å². The number of carbonyl (C=O) groups is 5. The topological polar surface area (TPSA) is 188 Å². The monoisotopic (exact) mass is 462 g/mol. The Labute approximate surface area is 191 Å². The van der Waals surface area contributed by atoms with Gasteiger partial charge in [-0.3, -0.25) is 19.2 Å². The van der Waals surface area contributed by atoms with Gasteiger partial charge in [-0.05, 0) is 24.3 Å². The van der Waals surface area contributed by atoms with Crippen molar-refractivity contribution in [2.24, 2.45) is 11.7 Å². The van der Waals surface area contributed by atoms with Crippen molar-refractivity contribution in [2.45, 2.75) is 51.6 Å². The SMILES string of the molecule is CC(C)C[C@H](N)C(=O)N/C=C(/NC(=O)CCc1ccccc1)C(=O)N[C@@H](CC(=O)O)C(=O)O. The zero-order chi connectivity index (χ0) is 25.0. The number of nitrogens with two attached hydrogens (primary N) is 1. The molecule has 2 atom stereocenters. The lowest BCUT2D eigenvalue weighted by Crippen LogP contribution is -2.46. The second kappa shape index (κ2) is 13.6. The summed E-state index contributed by atoms with van der Waals surface area (Å²) < 4.78 is 0. The van der Waals surface area contributed by atoms with Gasteiger partial charge in [-0.15, -0.1) is 0 Å². The Morgan fingerprint density at radius 1 is 1.06 bits per heavy atom. The average molecular weight is 463 g/mol. The van der Waals surface area contributed by atoms with E-state index in [4.69, 9.17) is 15.9 Å². The molecule has 0 aromatic heterocycles. The molecule has 0 fully saturated rings. The van der Waals surface area contributed by atoms with E-state index < -0.39 is 53.9 Å². The largest absolute Gasteiger partial charge is 0.481 e. The van der Waals surface area contributed by atoms with Crippen LogP contribution in [0.4, 0.5) is 0 Å². The molecule has 1 rings (SSSR count). The molecule has 0 aliphatic carbocycles.